The Hall–Kier alpha value is -1.89. The number of nitrogens with zero attached hydrogens (tertiary/aromatic N) is 4. The largest absolute Gasteiger partial charge is 0.444 e. The zero-order valence-corrected chi connectivity index (χ0v) is 13.9. The van der Waals surface area contributed by atoms with Gasteiger partial charge in [-0.25, -0.2) is 14.8 Å². The van der Waals surface area contributed by atoms with Crippen LogP contribution in [0.4, 0.5) is 10.6 Å². The Morgan fingerprint density at radius 2 is 1.95 bits per heavy atom. The Morgan fingerprint density at radius 1 is 1.23 bits per heavy atom. The highest BCUT2D eigenvalue weighted by Crippen LogP contribution is 2.27. The third kappa shape index (κ3) is 3.14. The summed E-state index contributed by atoms with van der Waals surface area (Å²) >= 11 is 1.61. The van der Waals surface area contributed by atoms with Gasteiger partial charge in [-0.3, -0.25) is 0 Å². The SMILES string of the molecule is CC(C)(C)OC(=O)N1CCN(c2ncnc3sccc23)CC1. The maximum atomic E-state index is 12.1. The summed E-state index contributed by atoms with van der Waals surface area (Å²) in [5.74, 6) is 0.954. The Labute approximate surface area is 133 Å². The predicted molar refractivity (Wildman–Crippen MR) is 87.4 cm³/mol. The minimum absolute atomic E-state index is 0.240. The lowest BCUT2D eigenvalue weighted by Crippen LogP contribution is -2.50. The van der Waals surface area contributed by atoms with E-state index < -0.39 is 5.60 Å². The molecule has 0 N–H and O–H groups in total. The van der Waals surface area contributed by atoms with Crippen LogP contribution in [0.5, 0.6) is 0 Å². The third-order valence-corrected chi connectivity index (χ3v) is 4.29. The van der Waals surface area contributed by atoms with Crippen LogP contribution in [0.1, 0.15) is 20.8 Å². The number of thiophene rings is 1. The maximum Gasteiger partial charge on any atom is 0.410 e. The molecule has 0 unspecified atom stereocenters. The van der Waals surface area contributed by atoms with Gasteiger partial charge in [-0.2, -0.15) is 0 Å². The first-order valence-electron chi connectivity index (χ1n) is 7.35. The zero-order valence-electron chi connectivity index (χ0n) is 13.1. The van der Waals surface area contributed by atoms with Crippen LogP contribution in [0.15, 0.2) is 17.8 Å². The Bertz CT molecular complexity index is 671. The highest BCUT2D eigenvalue weighted by molar-refractivity contribution is 7.16. The highest BCUT2D eigenvalue weighted by Gasteiger charge is 2.26. The van der Waals surface area contributed by atoms with Crippen LogP contribution in [0.25, 0.3) is 10.2 Å². The first-order valence-corrected chi connectivity index (χ1v) is 8.23. The maximum absolute atomic E-state index is 12.1. The number of ether oxygens (including phenoxy) is 1. The molecule has 1 fully saturated rings. The number of hydrogen-bond acceptors (Lipinski definition) is 6. The van der Waals surface area contributed by atoms with E-state index in [1.807, 2.05) is 26.2 Å². The predicted octanol–water partition coefficient (Wildman–Crippen LogP) is 2.75. The van der Waals surface area contributed by atoms with Gasteiger partial charge in [0.15, 0.2) is 0 Å². The van der Waals surface area contributed by atoms with Gasteiger partial charge in [0.1, 0.15) is 22.6 Å². The molecule has 1 aliphatic rings. The van der Waals surface area contributed by atoms with E-state index >= 15 is 0 Å². The second kappa shape index (κ2) is 5.72. The molecule has 2 aromatic rings. The Kier molecular flexibility index (Phi) is 3.90. The van der Waals surface area contributed by atoms with E-state index in [2.05, 4.69) is 20.9 Å². The van der Waals surface area contributed by atoms with Gasteiger partial charge < -0.3 is 14.5 Å². The van der Waals surface area contributed by atoms with Crippen molar-refractivity contribution in [2.75, 3.05) is 31.1 Å². The van der Waals surface area contributed by atoms with Gasteiger partial charge >= 0.3 is 6.09 Å². The van der Waals surface area contributed by atoms with Crippen molar-refractivity contribution in [3.63, 3.8) is 0 Å². The van der Waals surface area contributed by atoms with Crippen LogP contribution < -0.4 is 4.90 Å². The topological polar surface area (TPSA) is 58.6 Å². The highest BCUT2D eigenvalue weighted by atomic mass is 32.1. The van der Waals surface area contributed by atoms with E-state index in [1.54, 1.807) is 22.6 Å². The molecule has 118 valence electrons. The molecule has 0 aromatic carbocycles. The molecule has 6 nitrogen and oxygen atoms in total. The molecular formula is C15H20N4O2S. The van der Waals surface area contributed by atoms with Crippen LogP contribution in [-0.2, 0) is 4.74 Å². The summed E-state index contributed by atoms with van der Waals surface area (Å²) in [7, 11) is 0. The van der Waals surface area contributed by atoms with Crippen molar-refractivity contribution in [1.29, 1.82) is 0 Å². The van der Waals surface area contributed by atoms with E-state index in [4.69, 9.17) is 4.74 Å². The number of hydrogen-bond donors (Lipinski definition) is 0. The second-order valence-corrected chi connectivity index (χ2v) is 7.19. The van der Waals surface area contributed by atoms with Crippen molar-refractivity contribution in [3.8, 4) is 0 Å². The number of piperazine rings is 1. The van der Waals surface area contributed by atoms with E-state index in [9.17, 15) is 4.79 Å². The Balaban J connectivity index is 1.67. The fourth-order valence-electron chi connectivity index (χ4n) is 2.46. The van der Waals surface area contributed by atoms with Crippen molar-refractivity contribution in [1.82, 2.24) is 14.9 Å². The Morgan fingerprint density at radius 3 is 2.64 bits per heavy atom. The number of aromatic nitrogens is 2. The first-order chi connectivity index (χ1) is 10.4. The molecule has 2 aromatic heterocycles. The van der Waals surface area contributed by atoms with Crippen molar-refractivity contribution in [3.05, 3.63) is 17.8 Å². The number of rotatable bonds is 1. The van der Waals surface area contributed by atoms with E-state index in [0.29, 0.717) is 13.1 Å². The molecular weight excluding hydrogens is 300 g/mol. The van der Waals surface area contributed by atoms with Crippen LogP contribution in [0.2, 0.25) is 0 Å². The molecule has 0 bridgehead atoms. The molecule has 0 aliphatic carbocycles. The lowest BCUT2D eigenvalue weighted by molar-refractivity contribution is 0.0240. The van der Waals surface area contributed by atoms with Gasteiger partial charge in [-0.05, 0) is 32.2 Å². The minimum atomic E-state index is -0.455. The van der Waals surface area contributed by atoms with Gasteiger partial charge in [-0.15, -0.1) is 11.3 Å². The van der Waals surface area contributed by atoms with Crippen molar-refractivity contribution in [2.45, 2.75) is 26.4 Å². The molecule has 3 rings (SSSR count). The number of anilines is 1. The van der Waals surface area contributed by atoms with Crippen molar-refractivity contribution >= 4 is 33.5 Å². The zero-order chi connectivity index (χ0) is 15.7. The molecule has 0 atom stereocenters. The van der Waals surface area contributed by atoms with E-state index in [0.717, 1.165) is 29.1 Å². The molecule has 22 heavy (non-hydrogen) atoms. The summed E-state index contributed by atoms with van der Waals surface area (Å²) in [4.78, 5) is 25.7. The summed E-state index contributed by atoms with van der Waals surface area (Å²) < 4.78 is 5.42. The average Bonchev–Trinajstić information content (AvgIpc) is 2.94. The van der Waals surface area contributed by atoms with Crippen LogP contribution in [0.3, 0.4) is 0 Å². The van der Waals surface area contributed by atoms with Gasteiger partial charge in [0, 0.05) is 26.2 Å². The number of carbonyl (C=O) groups excluding carboxylic acids is 1. The van der Waals surface area contributed by atoms with E-state index in [-0.39, 0.29) is 6.09 Å². The monoisotopic (exact) mass is 320 g/mol. The summed E-state index contributed by atoms with van der Waals surface area (Å²) in [5, 5.41) is 3.11. The molecule has 3 heterocycles. The van der Waals surface area contributed by atoms with Gasteiger partial charge in [0.05, 0.1) is 5.39 Å². The molecule has 1 saturated heterocycles. The molecule has 7 heteroatoms. The van der Waals surface area contributed by atoms with Crippen LogP contribution in [0, 0.1) is 0 Å². The van der Waals surface area contributed by atoms with Crippen LogP contribution in [-0.4, -0.2) is 52.7 Å². The summed E-state index contributed by atoms with van der Waals surface area (Å²) in [6, 6.07) is 2.05. The van der Waals surface area contributed by atoms with Gasteiger partial charge in [0.2, 0.25) is 0 Å². The second-order valence-electron chi connectivity index (χ2n) is 6.29. The van der Waals surface area contributed by atoms with Gasteiger partial charge in [-0.1, -0.05) is 0 Å². The quantitative estimate of drug-likeness (QED) is 0.808. The molecule has 1 amide bonds. The van der Waals surface area contributed by atoms with Gasteiger partial charge in [0.25, 0.3) is 0 Å². The molecule has 0 radical (unpaired) electrons. The molecule has 0 saturated carbocycles. The van der Waals surface area contributed by atoms with E-state index in [1.165, 1.54) is 0 Å². The van der Waals surface area contributed by atoms with Crippen molar-refractivity contribution < 1.29 is 9.53 Å². The van der Waals surface area contributed by atoms with Crippen LogP contribution >= 0.6 is 11.3 Å². The number of amides is 1. The number of fused-ring (bicyclic) bond motifs is 1. The number of carbonyl (C=O) groups is 1. The smallest absolute Gasteiger partial charge is 0.410 e. The fourth-order valence-corrected chi connectivity index (χ4v) is 3.18. The van der Waals surface area contributed by atoms with Crippen molar-refractivity contribution in [2.24, 2.45) is 0 Å². The lowest BCUT2D eigenvalue weighted by Gasteiger charge is -2.36. The fraction of sp³-hybridized carbons (Fsp3) is 0.533. The summed E-state index contributed by atoms with van der Waals surface area (Å²) in [6.07, 6.45) is 1.37. The normalized spacial score (nSPS) is 16.1. The standard InChI is InChI=1S/C15H20N4O2S/c1-15(2,3)21-14(20)19-7-5-18(6-8-19)12-11-4-9-22-13(11)17-10-16-12/h4,9-10H,5-8H2,1-3H3. The molecule has 0 spiro atoms. The third-order valence-electron chi connectivity index (χ3n) is 3.47. The minimum Gasteiger partial charge on any atom is -0.444 e. The summed E-state index contributed by atoms with van der Waals surface area (Å²) in [5.41, 5.74) is -0.455. The molecule has 1 aliphatic heterocycles. The summed E-state index contributed by atoms with van der Waals surface area (Å²) in [6.45, 7) is 8.44. The lowest BCUT2D eigenvalue weighted by atomic mass is 10.2. The first kappa shape index (κ1) is 15.0. The average molecular weight is 320 g/mol.